The summed E-state index contributed by atoms with van der Waals surface area (Å²) in [4.78, 5) is 12.5. The zero-order chi connectivity index (χ0) is 19.4. The van der Waals surface area contributed by atoms with E-state index in [0.717, 1.165) is 30.5 Å². The smallest absolute Gasteiger partial charge is 0.243 e. The zero-order valence-electron chi connectivity index (χ0n) is 15.2. The second-order valence-corrected chi connectivity index (χ2v) is 8.73. The third-order valence-electron chi connectivity index (χ3n) is 4.72. The first-order chi connectivity index (χ1) is 12.9. The van der Waals surface area contributed by atoms with Gasteiger partial charge in [-0.3, -0.25) is 4.79 Å². The van der Waals surface area contributed by atoms with Gasteiger partial charge in [0.15, 0.2) is 0 Å². The summed E-state index contributed by atoms with van der Waals surface area (Å²) in [5.74, 6) is -0.700. The monoisotopic (exact) mass is 390 g/mol. The van der Waals surface area contributed by atoms with E-state index in [1.165, 1.54) is 16.4 Å². The predicted molar refractivity (Wildman–Crippen MR) is 102 cm³/mol. The second kappa shape index (κ2) is 8.19. The van der Waals surface area contributed by atoms with Crippen LogP contribution in [0.4, 0.5) is 10.1 Å². The molecule has 1 unspecified atom stereocenters. The van der Waals surface area contributed by atoms with Gasteiger partial charge in [-0.25, -0.2) is 12.8 Å². The quantitative estimate of drug-likeness (QED) is 0.846. The molecule has 27 heavy (non-hydrogen) atoms. The highest BCUT2D eigenvalue weighted by molar-refractivity contribution is 7.89. The van der Waals surface area contributed by atoms with Gasteiger partial charge >= 0.3 is 0 Å². The van der Waals surface area contributed by atoms with Crippen LogP contribution in [0.15, 0.2) is 53.4 Å². The van der Waals surface area contributed by atoms with E-state index in [0.29, 0.717) is 18.7 Å². The highest BCUT2D eigenvalue weighted by atomic mass is 32.2. The molecule has 0 aromatic heterocycles. The number of carbonyl (C=O) groups excluding carboxylic acids is 1. The minimum atomic E-state index is -3.77. The lowest BCUT2D eigenvalue weighted by Crippen LogP contribution is -2.45. The lowest BCUT2D eigenvalue weighted by Gasteiger charge is -2.34. The number of amides is 1. The molecule has 5 nitrogen and oxygen atoms in total. The molecule has 1 aliphatic heterocycles. The molecule has 0 saturated carbocycles. The van der Waals surface area contributed by atoms with E-state index in [9.17, 15) is 17.6 Å². The van der Waals surface area contributed by atoms with Crippen LogP contribution in [0, 0.1) is 12.7 Å². The summed E-state index contributed by atoms with van der Waals surface area (Å²) in [7, 11) is -3.77. The topological polar surface area (TPSA) is 66.5 Å². The first-order valence-electron chi connectivity index (χ1n) is 9.00. The molecule has 2 aromatic carbocycles. The third kappa shape index (κ3) is 4.73. The van der Waals surface area contributed by atoms with Crippen molar-refractivity contribution in [1.82, 2.24) is 4.31 Å². The summed E-state index contributed by atoms with van der Waals surface area (Å²) in [5.41, 5.74) is 1.73. The Kier molecular flexibility index (Phi) is 5.92. The van der Waals surface area contributed by atoms with E-state index in [1.807, 2.05) is 25.1 Å². The maximum absolute atomic E-state index is 13.1. The first-order valence-corrected chi connectivity index (χ1v) is 10.4. The molecule has 0 radical (unpaired) electrons. The van der Waals surface area contributed by atoms with E-state index in [2.05, 4.69) is 5.32 Å². The Balaban J connectivity index is 1.75. The molecule has 1 aliphatic rings. The molecule has 3 rings (SSSR count). The molecule has 1 fully saturated rings. The number of rotatable bonds is 5. The van der Waals surface area contributed by atoms with Crippen molar-refractivity contribution >= 4 is 21.6 Å². The number of hydrogen-bond donors (Lipinski definition) is 1. The Hall–Kier alpha value is -2.25. The SMILES string of the molecule is Cc1cccc(NC(=O)CC2CCCCN2S(=O)(=O)c2ccc(F)cc2)c1. The Morgan fingerprint density at radius 3 is 2.63 bits per heavy atom. The number of carbonyl (C=O) groups is 1. The van der Waals surface area contributed by atoms with Crippen molar-refractivity contribution < 1.29 is 17.6 Å². The Morgan fingerprint density at radius 2 is 1.93 bits per heavy atom. The normalized spacial score (nSPS) is 18.2. The molecule has 0 aliphatic carbocycles. The fourth-order valence-electron chi connectivity index (χ4n) is 3.39. The van der Waals surface area contributed by atoms with Gasteiger partial charge in [0, 0.05) is 24.7 Å². The largest absolute Gasteiger partial charge is 0.326 e. The molecule has 7 heteroatoms. The molecular weight excluding hydrogens is 367 g/mol. The van der Waals surface area contributed by atoms with Crippen LogP contribution < -0.4 is 5.32 Å². The molecule has 1 N–H and O–H groups in total. The molecule has 0 spiro atoms. The molecule has 2 aromatic rings. The number of sulfonamides is 1. The lowest BCUT2D eigenvalue weighted by atomic mass is 10.0. The van der Waals surface area contributed by atoms with Gasteiger partial charge in [-0.2, -0.15) is 4.31 Å². The van der Waals surface area contributed by atoms with Crippen molar-refractivity contribution in [3.05, 3.63) is 59.9 Å². The van der Waals surface area contributed by atoms with Gasteiger partial charge in [0.05, 0.1) is 4.90 Å². The summed E-state index contributed by atoms with van der Waals surface area (Å²) in [6, 6.07) is 11.9. The van der Waals surface area contributed by atoms with Gasteiger partial charge in [0.25, 0.3) is 0 Å². The minimum absolute atomic E-state index is 0.0508. The average Bonchev–Trinajstić information content (AvgIpc) is 2.62. The molecule has 1 amide bonds. The fraction of sp³-hybridized carbons (Fsp3) is 0.350. The highest BCUT2D eigenvalue weighted by Crippen LogP contribution is 2.27. The second-order valence-electron chi connectivity index (χ2n) is 6.84. The molecule has 0 bridgehead atoms. The van der Waals surface area contributed by atoms with Crippen LogP contribution in [0.2, 0.25) is 0 Å². The Morgan fingerprint density at radius 1 is 1.19 bits per heavy atom. The van der Waals surface area contributed by atoms with Crippen LogP contribution in [0.25, 0.3) is 0 Å². The van der Waals surface area contributed by atoms with E-state index in [1.54, 1.807) is 6.07 Å². The first kappa shape index (κ1) is 19.5. The lowest BCUT2D eigenvalue weighted by molar-refractivity contribution is -0.117. The minimum Gasteiger partial charge on any atom is -0.326 e. The number of aryl methyl sites for hydroxylation is 1. The van der Waals surface area contributed by atoms with Crippen LogP contribution in [-0.2, 0) is 14.8 Å². The van der Waals surface area contributed by atoms with Gasteiger partial charge in [0.2, 0.25) is 15.9 Å². The molecule has 144 valence electrons. The standard InChI is InChI=1S/C20H23FN2O3S/c1-15-5-4-6-17(13-15)22-20(24)14-18-7-2-3-12-23(18)27(25,26)19-10-8-16(21)9-11-19/h4-6,8-11,13,18H,2-3,7,12,14H2,1H3,(H,22,24). The van der Waals surface area contributed by atoms with Crippen LogP contribution in [0.5, 0.6) is 0 Å². The van der Waals surface area contributed by atoms with Gasteiger partial charge in [-0.1, -0.05) is 18.6 Å². The Bertz CT molecular complexity index is 913. The maximum Gasteiger partial charge on any atom is 0.243 e. The Labute approximate surface area is 159 Å². The highest BCUT2D eigenvalue weighted by Gasteiger charge is 2.34. The predicted octanol–water partition coefficient (Wildman–Crippen LogP) is 3.71. The summed E-state index contributed by atoms with van der Waals surface area (Å²) in [6.07, 6.45) is 2.34. The molecule has 1 heterocycles. The van der Waals surface area contributed by atoms with Crippen molar-refractivity contribution in [2.45, 2.75) is 43.5 Å². The van der Waals surface area contributed by atoms with Crippen molar-refractivity contribution in [3.63, 3.8) is 0 Å². The summed E-state index contributed by atoms with van der Waals surface area (Å²) in [6.45, 7) is 2.30. The number of piperidine rings is 1. The number of benzene rings is 2. The average molecular weight is 390 g/mol. The number of hydrogen-bond acceptors (Lipinski definition) is 3. The van der Waals surface area contributed by atoms with Crippen LogP contribution in [0.3, 0.4) is 0 Å². The zero-order valence-corrected chi connectivity index (χ0v) is 16.0. The summed E-state index contributed by atoms with van der Waals surface area (Å²) < 4.78 is 40.5. The van der Waals surface area contributed by atoms with Gasteiger partial charge < -0.3 is 5.32 Å². The third-order valence-corrected chi connectivity index (χ3v) is 6.68. The van der Waals surface area contributed by atoms with Gasteiger partial charge in [-0.05, 0) is 61.7 Å². The van der Waals surface area contributed by atoms with Crippen molar-refractivity contribution in [1.29, 1.82) is 0 Å². The molecule has 1 atom stereocenters. The maximum atomic E-state index is 13.1. The van der Waals surface area contributed by atoms with E-state index in [4.69, 9.17) is 0 Å². The number of nitrogens with one attached hydrogen (secondary N) is 1. The molecule has 1 saturated heterocycles. The van der Waals surface area contributed by atoms with E-state index in [-0.39, 0.29) is 17.2 Å². The van der Waals surface area contributed by atoms with Gasteiger partial charge in [-0.15, -0.1) is 0 Å². The van der Waals surface area contributed by atoms with Crippen LogP contribution >= 0.6 is 0 Å². The number of halogens is 1. The number of nitrogens with zero attached hydrogens (tertiary/aromatic N) is 1. The van der Waals surface area contributed by atoms with Gasteiger partial charge in [0.1, 0.15) is 5.82 Å². The van der Waals surface area contributed by atoms with E-state index < -0.39 is 21.9 Å². The van der Waals surface area contributed by atoms with Crippen LogP contribution in [0.1, 0.15) is 31.2 Å². The molecular formula is C20H23FN2O3S. The van der Waals surface area contributed by atoms with E-state index >= 15 is 0 Å². The summed E-state index contributed by atoms with van der Waals surface area (Å²) >= 11 is 0. The van der Waals surface area contributed by atoms with Crippen LogP contribution in [-0.4, -0.2) is 31.2 Å². The van der Waals surface area contributed by atoms with Crippen molar-refractivity contribution in [3.8, 4) is 0 Å². The van der Waals surface area contributed by atoms with Crippen molar-refractivity contribution in [2.75, 3.05) is 11.9 Å². The number of anilines is 1. The summed E-state index contributed by atoms with van der Waals surface area (Å²) in [5, 5.41) is 2.84. The fourth-order valence-corrected chi connectivity index (χ4v) is 5.08. The van der Waals surface area contributed by atoms with Crippen molar-refractivity contribution in [2.24, 2.45) is 0 Å².